The second kappa shape index (κ2) is 2.89. The van der Waals surface area contributed by atoms with Gasteiger partial charge in [-0.05, 0) is 18.2 Å². The van der Waals surface area contributed by atoms with Crippen LogP contribution >= 0.6 is 0 Å². The van der Waals surface area contributed by atoms with Crippen molar-refractivity contribution in [3.63, 3.8) is 0 Å². The number of rotatable bonds is 0. The van der Waals surface area contributed by atoms with Crippen LogP contribution in [0.5, 0.6) is 0 Å². The molecule has 2 aromatic rings. The smallest absolute Gasteiger partial charge is 0.103 e. The molecule has 4 heteroatoms. The fourth-order valence-corrected chi connectivity index (χ4v) is 1.32. The molecule has 1 aromatic carbocycles. The molecule has 2 rings (SSSR count). The zero-order valence-corrected chi connectivity index (χ0v) is 7.36. The molecule has 0 bridgehead atoms. The van der Waals surface area contributed by atoms with Crippen LogP contribution in [0, 0.1) is 11.3 Å². The number of benzene rings is 1. The second-order valence-corrected chi connectivity index (χ2v) is 2.97. The minimum absolute atomic E-state index is 0.391. The van der Waals surface area contributed by atoms with E-state index in [1.54, 1.807) is 18.2 Å². The van der Waals surface area contributed by atoms with Gasteiger partial charge in [0.1, 0.15) is 6.07 Å². The molecule has 0 atom stereocenters. The molecule has 4 nitrogen and oxygen atoms in total. The van der Waals surface area contributed by atoms with Gasteiger partial charge in [0.2, 0.25) is 0 Å². The van der Waals surface area contributed by atoms with Gasteiger partial charge in [-0.25, -0.2) is 0 Å². The molecule has 0 unspecified atom stereocenters. The molecule has 14 heavy (non-hydrogen) atoms. The topological polar surface area (TPSA) is 88.7 Å². The third-order valence-corrected chi connectivity index (χ3v) is 2.06. The standard InChI is InChI=1S/C10H8N4/c11-4-6-5-14-9-3-7(12)1-2-8(9)10(6)13/h1-3,5H,12H2,(H2,13,14). The molecule has 0 aliphatic rings. The van der Waals surface area contributed by atoms with Gasteiger partial charge >= 0.3 is 0 Å². The van der Waals surface area contributed by atoms with E-state index in [1.807, 2.05) is 6.07 Å². The molecular formula is C10H8N4. The highest BCUT2D eigenvalue weighted by molar-refractivity contribution is 5.94. The maximum atomic E-state index is 8.74. The van der Waals surface area contributed by atoms with Gasteiger partial charge in [-0.15, -0.1) is 0 Å². The summed E-state index contributed by atoms with van der Waals surface area (Å²) in [5.41, 5.74) is 13.6. The van der Waals surface area contributed by atoms with E-state index in [0.29, 0.717) is 22.5 Å². The van der Waals surface area contributed by atoms with Gasteiger partial charge in [0.05, 0.1) is 16.8 Å². The van der Waals surface area contributed by atoms with Crippen molar-refractivity contribution in [1.82, 2.24) is 4.98 Å². The first-order valence-corrected chi connectivity index (χ1v) is 4.06. The Labute approximate surface area is 80.8 Å². The van der Waals surface area contributed by atoms with Crippen molar-refractivity contribution in [2.24, 2.45) is 0 Å². The Morgan fingerprint density at radius 1 is 1.29 bits per heavy atom. The van der Waals surface area contributed by atoms with E-state index in [0.717, 1.165) is 5.39 Å². The van der Waals surface area contributed by atoms with Gasteiger partial charge in [-0.1, -0.05) is 0 Å². The van der Waals surface area contributed by atoms with Gasteiger partial charge in [0, 0.05) is 17.3 Å². The minimum Gasteiger partial charge on any atom is -0.399 e. The maximum Gasteiger partial charge on any atom is 0.103 e. The Hall–Kier alpha value is -2.28. The lowest BCUT2D eigenvalue weighted by Gasteiger charge is -2.03. The number of pyridine rings is 1. The summed E-state index contributed by atoms with van der Waals surface area (Å²) in [5, 5.41) is 9.50. The first-order chi connectivity index (χ1) is 6.72. The van der Waals surface area contributed by atoms with Crippen LogP contribution in [0.3, 0.4) is 0 Å². The zero-order valence-electron chi connectivity index (χ0n) is 7.36. The molecule has 0 fully saturated rings. The average Bonchev–Trinajstić information content (AvgIpc) is 2.18. The molecule has 1 heterocycles. The van der Waals surface area contributed by atoms with Crippen molar-refractivity contribution in [1.29, 1.82) is 5.26 Å². The summed E-state index contributed by atoms with van der Waals surface area (Å²) in [7, 11) is 0. The Balaban J connectivity index is 2.85. The van der Waals surface area contributed by atoms with Crippen LogP contribution < -0.4 is 11.5 Å². The third-order valence-electron chi connectivity index (χ3n) is 2.06. The lowest BCUT2D eigenvalue weighted by Crippen LogP contribution is -1.95. The van der Waals surface area contributed by atoms with E-state index < -0.39 is 0 Å². The van der Waals surface area contributed by atoms with Gasteiger partial charge < -0.3 is 11.5 Å². The predicted octanol–water partition coefficient (Wildman–Crippen LogP) is 1.27. The van der Waals surface area contributed by atoms with Crippen LogP contribution in [0.25, 0.3) is 10.9 Å². The van der Waals surface area contributed by atoms with Crippen LogP contribution in [0.15, 0.2) is 24.4 Å². The molecule has 0 spiro atoms. The third kappa shape index (κ3) is 1.12. The summed E-state index contributed by atoms with van der Waals surface area (Å²) in [4.78, 5) is 4.09. The molecular weight excluding hydrogens is 176 g/mol. The van der Waals surface area contributed by atoms with Crippen LogP contribution in [0.1, 0.15) is 5.56 Å². The Kier molecular flexibility index (Phi) is 1.72. The Bertz CT molecular complexity index is 540. The number of aromatic nitrogens is 1. The number of nitrogens with zero attached hydrogens (tertiary/aromatic N) is 2. The normalized spacial score (nSPS) is 9.93. The van der Waals surface area contributed by atoms with Crippen LogP contribution in [0.2, 0.25) is 0 Å². The summed E-state index contributed by atoms with van der Waals surface area (Å²) in [6.07, 6.45) is 1.46. The molecule has 0 saturated carbocycles. The summed E-state index contributed by atoms with van der Waals surface area (Å²) < 4.78 is 0. The van der Waals surface area contributed by atoms with E-state index >= 15 is 0 Å². The molecule has 0 radical (unpaired) electrons. The highest BCUT2D eigenvalue weighted by atomic mass is 14.7. The van der Waals surface area contributed by atoms with Crippen molar-refractivity contribution in [3.05, 3.63) is 30.0 Å². The maximum absolute atomic E-state index is 8.74. The summed E-state index contributed by atoms with van der Waals surface area (Å²) in [5.74, 6) is 0. The number of nitrogens with two attached hydrogens (primary N) is 2. The van der Waals surface area contributed by atoms with Crippen LogP contribution in [-0.4, -0.2) is 4.98 Å². The summed E-state index contributed by atoms with van der Waals surface area (Å²) in [6.45, 7) is 0. The Morgan fingerprint density at radius 3 is 2.79 bits per heavy atom. The number of hydrogen-bond donors (Lipinski definition) is 2. The molecule has 0 aliphatic carbocycles. The summed E-state index contributed by atoms with van der Waals surface area (Å²) in [6, 6.07) is 7.22. The zero-order chi connectivity index (χ0) is 10.1. The highest BCUT2D eigenvalue weighted by Gasteiger charge is 2.04. The fourth-order valence-electron chi connectivity index (χ4n) is 1.32. The molecule has 68 valence electrons. The van der Waals surface area contributed by atoms with E-state index in [1.165, 1.54) is 6.20 Å². The lowest BCUT2D eigenvalue weighted by atomic mass is 10.1. The van der Waals surface area contributed by atoms with Gasteiger partial charge in [-0.2, -0.15) is 5.26 Å². The van der Waals surface area contributed by atoms with Crippen molar-refractivity contribution in [2.75, 3.05) is 11.5 Å². The van der Waals surface area contributed by atoms with E-state index in [-0.39, 0.29) is 0 Å². The molecule has 0 aliphatic heterocycles. The van der Waals surface area contributed by atoms with Crippen molar-refractivity contribution < 1.29 is 0 Å². The van der Waals surface area contributed by atoms with E-state index in [2.05, 4.69) is 4.98 Å². The Morgan fingerprint density at radius 2 is 2.07 bits per heavy atom. The molecule has 0 saturated heterocycles. The number of hydrogen-bond acceptors (Lipinski definition) is 4. The first kappa shape index (κ1) is 8.32. The van der Waals surface area contributed by atoms with E-state index in [9.17, 15) is 0 Å². The monoisotopic (exact) mass is 184 g/mol. The highest BCUT2D eigenvalue weighted by Crippen LogP contribution is 2.23. The fraction of sp³-hybridized carbons (Fsp3) is 0. The van der Waals surface area contributed by atoms with Gasteiger partial charge in [-0.3, -0.25) is 4.98 Å². The largest absolute Gasteiger partial charge is 0.399 e. The number of fused-ring (bicyclic) bond motifs is 1. The lowest BCUT2D eigenvalue weighted by molar-refractivity contribution is 1.37. The molecule has 0 amide bonds. The quantitative estimate of drug-likeness (QED) is 0.603. The van der Waals surface area contributed by atoms with Crippen molar-refractivity contribution in [3.8, 4) is 6.07 Å². The number of anilines is 2. The number of nitrogen functional groups attached to an aromatic ring is 2. The van der Waals surface area contributed by atoms with E-state index in [4.69, 9.17) is 16.7 Å². The minimum atomic E-state index is 0.391. The molecule has 4 N–H and O–H groups in total. The average molecular weight is 184 g/mol. The second-order valence-electron chi connectivity index (χ2n) is 2.97. The van der Waals surface area contributed by atoms with Crippen LogP contribution in [-0.2, 0) is 0 Å². The number of nitriles is 1. The SMILES string of the molecule is N#Cc1cnc2cc(N)ccc2c1N. The predicted molar refractivity (Wildman–Crippen MR) is 55.3 cm³/mol. The summed E-state index contributed by atoms with van der Waals surface area (Å²) >= 11 is 0. The molecule has 1 aromatic heterocycles. The van der Waals surface area contributed by atoms with Crippen molar-refractivity contribution >= 4 is 22.3 Å². The van der Waals surface area contributed by atoms with Gasteiger partial charge in [0.25, 0.3) is 0 Å². The van der Waals surface area contributed by atoms with Crippen molar-refractivity contribution in [2.45, 2.75) is 0 Å². The van der Waals surface area contributed by atoms with Gasteiger partial charge in [0.15, 0.2) is 0 Å². The first-order valence-electron chi connectivity index (χ1n) is 4.06. The van der Waals surface area contributed by atoms with Crippen LogP contribution in [0.4, 0.5) is 11.4 Å².